The minimum absolute atomic E-state index is 0.0650. The normalized spacial score (nSPS) is 10.6. The van der Waals surface area contributed by atoms with Gasteiger partial charge in [-0.15, -0.1) is 0 Å². The summed E-state index contributed by atoms with van der Waals surface area (Å²) in [5, 5.41) is 3.26. The highest BCUT2D eigenvalue weighted by molar-refractivity contribution is 5.70. The van der Waals surface area contributed by atoms with Crippen LogP contribution >= 0.6 is 0 Å². The monoisotopic (exact) mass is 203 g/mol. The van der Waals surface area contributed by atoms with E-state index < -0.39 is 0 Å². The van der Waals surface area contributed by atoms with Gasteiger partial charge >= 0.3 is 5.97 Å². The Morgan fingerprint density at radius 1 is 1.43 bits per heavy atom. The second-order valence-corrected chi connectivity index (χ2v) is 3.32. The molecule has 0 saturated carbocycles. The molecule has 4 heteroatoms. The van der Waals surface area contributed by atoms with Crippen molar-refractivity contribution in [3.05, 3.63) is 0 Å². The van der Waals surface area contributed by atoms with E-state index in [2.05, 4.69) is 19.2 Å². The van der Waals surface area contributed by atoms with E-state index in [1.54, 1.807) is 6.92 Å². The lowest BCUT2D eigenvalue weighted by Gasteiger charge is -2.07. The molecule has 4 nitrogen and oxygen atoms in total. The van der Waals surface area contributed by atoms with Crippen molar-refractivity contribution in [3.63, 3.8) is 0 Å². The second kappa shape index (κ2) is 8.97. The van der Waals surface area contributed by atoms with Crippen molar-refractivity contribution in [2.24, 2.45) is 0 Å². The average Bonchev–Trinajstić information content (AvgIpc) is 2.11. The molecule has 0 bridgehead atoms. The minimum atomic E-state index is -0.288. The third-order valence-corrected chi connectivity index (χ3v) is 1.54. The van der Waals surface area contributed by atoms with E-state index in [0.717, 1.165) is 13.0 Å². The predicted molar refractivity (Wildman–Crippen MR) is 55.2 cm³/mol. The van der Waals surface area contributed by atoms with Crippen LogP contribution in [0.4, 0.5) is 0 Å². The molecule has 14 heavy (non-hydrogen) atoms. The fourth-order valence-electron chi connectivity index (χ4n) is 0.923. The zero-order chi connectivity index (χ0) is 10.8. The largest absolute Gasteiger partial charge is 0.464 e. The fourth-order valence-corrected chi connectivity index (χ4v) is 0.923. The summed E-state index contributed by atoms with van der Waals surface area (Å²) in [6, 6.07) is 0.500. The summed E-state index contributed by atoms with van der Waals surface area (Å²) in [4.78, 5) is 10.8. The molecule has 0 aromatic heterocycles. The average molecular weight is 203 g/mol. The first-order chi connectivity index (χ1) is 6.66. The third-order valence-electron chi connectivity index (χ3n) is 1.54. The lowest BCUT2D eigenvalue weighted by Crippen LogP contribution is -2.24. The molecule has 0 aromatic rings. The summed E-state index contributed by atoms with van der Waals surface area (Å²) in [5.74, 6) is -0.288. The number of hydrogen-bond donors (Lipinski definition) is 1. The number of carbonyl (C=O) groups excluding carboxylic acids is 1. The maximum atomic E-state index is 10.8. The van der Waals surface area contributed by atoms with Crippen LogP contribution in [-0.4, -0.2) is 38.4 Å². The Hall–Kier alpha value is -0.610. The first-order valence-corrected chi connectivity index (χ1v) is 5.13. The molecule has 0 rings (SSSR count). The molecule has 0 atom stereocenters. The summed E-state index contributed by atoms with van der Waals surface area (Å²) in [6.07, 6.45) is 0.914. The van der Waals surface area contributed by atoms with Gasteiger partial charge in [0.15, 0.2) is 0 Å². The molecule has 0 aliphatic rings. The Labute approximate surface area is 86.0 Å². The predicted octanol–water partition coefficient (Wildman–Crippen LogP) is 0.954. The zero-order valence-corrected chi connectivity index (χ0v) is 9.34. The summed E-state index contributed by atoms with van der Waals surface area (Å²) in [7, 11) is 0. The van der Waals surface area contributed by atoms with Gasteiger partial charge in [0.05, 0.1) is 6.61 Å². The second-order valence-electron chi connectivity index (χ2n) is 3.32. The van der Waals surface area contributed by atoms with Gasteiger partial charge in [-0.25, -0.2) is 4.79 Å². The van der Waals surface area contributed by atoms with Crippen molar-refractivity contribution >= 4 is 5.97 Å². The molecule has 0 unspecified atom stereocenters. The number of esters is 1. The molecule has 0 fully saturated rings. The van der Waals surface area contributed by atoms with Gasteiger partial charge in [-0.05, 0) is 19.9 Å². The Balaban J connectivity index is 3.09. The molecule has 0 amide bonds. The van der Waals surface area contributed by atoms with Crippen LogP contribution in [0, 0.1) is 0 Å². The van der Waals surface area contributed by atoms with Crippen LogP contribution < -0.4 is 5.32 Å². The van der Waals surface area contributed by atoms with Gasteiger partial charge in [0.1, 0.15) is 6.61 Å². The standard InChI is InChI=1S/C10H21NO3/c1-4-14-10(12)8-13-7-5-6-11-9(2)3/h9,11H,4-8H2,1-3H3. The van der Waals surface area contributed by atoms with Crippen LogP contribution in [0.25, 0.3) is 0 Å². The Morgan fingerprint density at radius 2 is 2.14 bits per heavy atom. The smallest absolute Gasteiger partial charge is 0.332 e. The Kier molecular flexibility index (Phi) is 8.57. The van der Waals surface area contributed by atoms with Crippen molar-refractivity contribution < 1.29 is 14.3 Å². The highest BCUT2D eigenvalue weighted by Gasteiger charge is 2.00. The van der Waals surface area contributed by atoms with Crippen molar-refractivity contribution in [1.29, 1.82) is 0 Å². The number of carbonyl (C=O) groups is 1. The lowest BCUT2D eigenvalue weighted by molar-refractivity contribution is -0.148. The molecule has 0 aliphatic heterocycles. The summed E-state index contributed by atoms with van der Waals surface area (Å²) < 4.78 is 9.82. The zero-order valence-electron chi connectivity index (χ0n) is 9.34. The Bertz CT molecular complexity index is 148. The van der Waals surface area contributed by atoms with Crippen molar-refractivity contribution in [2.45, 2.75) is 33.2 Å². The van der Waals surface area contributed by atoms with Gasteiger partial charge in [-0.1, -0.05) is 13.8 Å². The van der Waals surface area contributed by atoms with Gasteiger partial charge in [0.2, 0.25) is 0 Å². The van der Waals surface area contributed by atoms with E-state index >= 15 is 0 Å². The minimum Gasteiger partial charge on any atom is -0.464 e. The molecular weight excluding hydrogens is 182 g/mol. The topological polar surface area (TPSA) is 47.6 Å². The fraction of sp³-hybridized carbons (Fsp3) is 0.900. The first-order valence-electron chi connectivity index (χ1n) is 5.13. The molecule has 1 N–H and O–H groups in total. The van der Waals surface area contributed by atoms with Crippen LogP contribution in [0.15, 0.2) is 0 Å². The van der Waals surface area contributed by atoms with E-state index in [1.807, 2.05) is 0 Å². The van der Waals surface area contributed by atoms with Crippen molar-refractivity contribution in [2.75, 3.05) is 26.4 Å². The van der Waals surface area contributed by atoms with Gasteiger partial charge in [-0.2, -0.15) is 0 Å². The van der Waals surface area contributed by atoms with E-state index in [0.29, 0.717) is 19.3 Å². The molecule has 0 heterocycles. The highest BCUT2D eigenvalue weighted by atomic mass is 16.6. The Morgan fingerprint density at radius 3 is 2.71 bits per heavy atom. The SMILES string of the molecule is CCOC(=O)COCCCNC(C)C. The number of ether oxygens (including phenoxy) is 2. The third kappa shape index (κ3) is 9.48. The first kappa shape index (κ1) is 13.4. The van der Waals surface area contributed by atoms with Crippen LogP contribution in [-0.2, 0) is 14.3 Å². The van der Waals surface area contributed by atoms with Gasteiger partial charge < -0.3 is 14.8 Å². The molecule has 84 valence electrons. The van der Waals surface area contributed by atoms with Gasteiger partial charge in [0, 0.05) is 12.6 Å². The van der Waals surface area contributed by atoms with Crippen LogP contribution in [0.2, 0.25) is 0 Å². The summed E-state index contributed by atoms with van der Waals surface area (Å²) >= 11 is 0. The lowest BCUT2D eigenvalue weighted by atomic mass is 10.3. The van der Waals surface area contributed by atoms with E-state index in [1.165, 1.54) is 0 Å². The van der Waals surface area contributed by atoms with Crippen LogP contribution in [0.1, 0.15) is 27.2 Å². The van der Waals surface area contributed by atoms with Gasteiger partial charge in [-0.3, -0.25) is 0 Å². The van der Waals surface area contributed by atoms with Crippen LogP contribution in [0.3, 0.4) is 0 Å². The summed E-state index contributed by atoms with van der Waals surface area (Å²) in [5.41, 5.74) is 0. The molecule has 0 spiro atoms. The highest BCUT2D eigenvalue weighted by Crippen LogP contribution is 1.85. The maximum Gasteiger partial charge on any atom is 0.332 e. The quantitative estimate of drug-likeness (QED) is 0.471. The molecule has 0 aromatic carbocycles. The van der Waals surface area contributed by atoms with E-state index in [9.17, 15) is 4.79 Å². The molecule has 0 saturated heterocycles. The number of rotatable bonds is 8. The number of nitrogens with one attached hydrogen (secondary N) is 1. The molecule has 0 aliphatic carbocycles. The van der Waals surface area contributed by atoms with Crippen molar-refractivity contribution in [3.8, 4) is 0 Å². The van der Waals surface area contributed by atoms with E-state index in [-0.39, 0.29) is 12.6 Å². The van der Waals surface area contributed by atoms with Crippen molar-refractivity contribution in [1.82, 2.24) is 5.32 Å². The molecule has 0 radical (unpaired) electrons. The van der Waals surface area contributed by atoms with Gasteiger partial charge in [0.25, 0.3) is 0 Å². The number of hydrogen-bond acceptors (Lipinski definition) is 4. The van der Waals surface area contributed by atoms with E-state index in [4.69, 9.17) is 9.47 Å². The van der Waals surface area contributed by atoms with Crippen LogP contribution in [0.5, 0.6) is 0 Å². The molecular formula is C10H21NO3. The maximum absolute atomic E-state index is 10.8. The summed E-state index contributed by atoms with van der Waals surface area (Å²) in [6.45, 7) is 7.97.